The van der Waals surface area contributed by atoms with Gasteiger partial charge in [0, 0.05) is 37.8 Å². The molecule has 1 fully saturated rings. The maximum atomic E-state index is 12.8. The van der Waals surface area contributed by atoms with E-state index in [9.17, 15) is 13.2 Å². The molecule has 1 amide bonds. The molecule has 0 N–H and O–H groups in total. The molecule has 7 heteroatoms. The van der Waals surface area contributed by atoms with Crippen LogP contribution >= 0.6 is 0 Å². The number of benzene rings is 1. The summed E-state index contributed by atoms with van der Waals surface area (Å²) < 4.78 is 24.8. The molecule has 6 nitrogen and oxygen atoms in total. The summed E-state index contributed by atoms with van der Waals surface area (Å²) in [5.74, 6) is -0.0929. The largest absolute Gasteiger partial charge is 0.337 e. The lowest BCUT2D eigenvalue weighted by molar-refractivity contribution is 0.0766. The lowest BCUT2D eigenvalue weighted by atomic mass is 10.1. The monoisotopic (exact) mass is 333 g/mol. The molecule has 0 aliphatic carbocycles. The zero-order chi connectivity index (χ0) is 16.4. The number of fused-ring (bicyclic) bond motifs is 1. The quantitative estimate of drug-likeness (QED) is 0.831. The molecule has 0 bridgehead atoms. The Balaban J connectivity index is 1.85. The molecule has 0 saturated carbocycles. The van der Waals surface area contributed by atoms with Crippen molar-refractivity contribution in [2.45, 2.75) is 6.42 Å². The first kappa shape index (κ1) is 15.9. The van der Waals surface area contributed by atoms with Gasteiger partial charge < -0.3 is 4.90 Å². The Morgan fingerprint density at radius 3 is 2.65 bits per heavy atom. The fraction of sp³-hybridized carbons (Fsp3) is 0.375. The van der Waals surface area contributed by atoms with Crippen molar-refractivity contribution in [3.8, 4) is 0 Å². The van der Waals surface area contributed by atoms with Gasteiger partial charge in [0.25, 0.3) is 5.91 Å². The fourth-order valence-corrected chi connectivity index (χ4v) is 3.75. The summed E-state index contributed by atoms with van der Waals surface area (Å²) in [6.45, 7) is 1.74. The minimum Gasteiger partial charge on any atom is -0.337 e. The average molecular weight is 333 g/mol. The second-order valence-corrected chi connectivity index (χ2v) is 7.67. The lowest BCUT2D eigenvalue weighted by Crippen LogP contribution is -2.37. The van der Waals surface area contributed by atoms with Crippen molar-refractivity contribution in [1.29, 1.82) is 0 Å². The van der Waals surface area contributed by atoms with Gasteiger partial charge in [-0.3, -0.25) is 9.78 Å². The maximum Gasteiger partial charge on any atom is 0.256 e. The average Bonchev–Trinajstić information content (AvgIpc) is 2.79. The van der Waals surface area contributed by atoms with E-state index in [0.29, 0.717) is 43.7 Å². The highest BCUT2D eigenvalue weighted by molar-refractivity contribution is 7.88. The van der Waals surface area contributed by atoms with E-state index in [1.165, 1.54) is 10.6 Å². The highest BCUT2D eigenvalue weighted by atomic mass is 32.2. The third-order valence-corrected chi connectivity index (χ3v) is 5.38. The number of hydrogen-bond donors (Lipinski definition) is 0. The van der Waals surface area contributed by atoms with Crippen LogP contribution in [0.4, 0.5) is 0 Å². The van der Waals surface area contributed by atoms with Gasteiger partial charge in [0.2, 0.25) is 10.0 Å². The SMILES string of the molecule is CS(=O)(=O)N1CCCN(C(=O)c2cccc3cccnc23)CC1. The van der Waals surface area contributed by atoms with E-state index >= 15 is 0 Å². The normalized spacial score (nSPS) is 17.2. The summed E-state index contributed by atoms with van der Waals surface area (Å²) >= 11 is 0. The van der Waals surface area contributed by atoms with Crippen molar-refractivity contribution < 1.29 is 13.2 Å². The summed E-state index contributed by atoms with van der Waals surface area (Å²) in [6, 6.07) is 9.31. The van der Waals surface area contributed by atoms with Crippen molar-refractivity contribution >= 4 is 26.8 Å². The number of pyridine rings is 1. The molecule has 2 aromatic rings. The van der Waals surface area contributed by atoms with Crippen molar-refractivity contribution in [2.75, 3.05) is 32.4 Å². The van der Waals surface area contributed by atoms with E-state index in [2.05, 4.69) is 4.98 Å². The van der Waals surface area contributed by atoms with Gasteiger partial charge in [0.1, 0.15) is 0 Å². The first-order chi connectivity index (χ1) is 11.0. The fourth-order valence-electron chi connectivity index (χ4n) is 2.88. The second-order valence-electron chi connectivity index (χ2n) is 5.69. The summed E-state index contributed by atoms with van der Waals surface area (Å²) in [4.78, 5) is 18.9. The Morgan fingerprint density at radius 1 is 1.09 bits per heavy atom. The number of para-hydroxylation sites is 1. The molecule has 23 heavy (non-hydrogen) atoms. The number of nitrogens with zero attached hydrogens (tertiary/aromatic N) is 3. The predicted octanol–water partition coefficient (Wildman–Crippen LogP) is 1.34. The topological polar surface area (TPSA) is 70.6 Å². The molecule has 0 atom stereocenters. The van der Waals surface area contributed by atoms with Gasteiger partial charge in [0.15, 0.2) is 0 Å². The first-order valence-electron chi connectivity index (χ1n) is 7.55. The Morgan fingerprint density at radius 2 is 1.87 bits per heavy atom. The van der Waals surface area contributed by atoms with E-state index in [1.54, 1.807) is 17.2 Å². The molecule has 0 unspecified atom stereocenters. The minimum atomic E-state index is -3.21. The first-order valence-corrected chi connectivity index (χ1v) is 9.40. The maximum absolute atomic E-state index is 12.8. The number of carbonyl (C=O) groups excluding carboxylic acids is 1. The Labute approximate surface area is 135 Å². The van der Waals surface area contributed by atoms with E-state index in [1.807, 2.05) is 24.3 Å². The molecule has 2 heterocycles. The summed E-state index contributed by atoms with van der Waals surface area (Å²) in [5, 5.41) is 0.922. The highest BCUT2D eigenvalue weighted by Crippen LogP contribution is 2.19. The number of sulfonamides is 1. The third-order valence-electron chi connectivity index (χ3n) is 4.07. The van der Waals surface area contributed by atoms with Crippen LogP contribution in [0.15, 0.2) is 36.5 Å². The molecule has 0 spiro atoms. The van der Waals surface area contributed by atoms with Crippen molar-refractivity contribution in [1.82, 2.24) is 14.2 Å². The molecular weight excluding hydrogens is 314 g/mol. The van der Waals surface area contributed by atoms with Crippen LogP contribution < -0.4 is 0 Å². The van der Waals surface area contributed by atoms with Crippen LogP contribution in [0, 0.1) is 0 Å². The van der Waals surface area contributed by atoms with Gasteiger partial charge >= 0.3 is 0 Å². The number of carbonyl (C=O) groups is 1. The van der Waals surface area contributed by atoms with Crippen molar-refractivity contribution in [3.05, 3.63) is 42.1 Å². The standard InChI is InChI=1S/C16H19N3O3S/c1-23(21,22)19-10-4-9-18(11-12-19)16(20)14-7-2-5-13-6-3-8-17-15(13)14/h2-3,5-8H,4,9-12H2,1H3. The van der Waals surface area contributed by atoms with E-state index in [-0.39, 0.29) is 5.91 Å². The number of aromatic nitrogens is 1. The van der Waals surface area contributed by atoms with E-state index < -0.39 is 10.0 Å². The molecule has 1 aliphatic heterocycles. The lowest BCUT2D eigenvalue weighted by Gasteiger charge is -2.21. The van der Waals surface area contributed by atoms with Gasteiger partial charge in [0.05, 0.1) is 17.3 Å². The predicted molar refractivity (Wildman–Crippen MR) is 88.7 cm³/mol. The zero-order valence-corrected chi connectivity index (χ0v) is 13.8. The van der Waals surface area contributed by atoms with Crippen molar-refractivity contribution in [3.63, 3.8) is 0 Å². The van der Waals surface area contributed by atoms with Gasteiger partial charge in [-0.05, 0) is 18.6 Å². The summed E-state index contributed by atoms with van der Waals surface area (Å²) in [6.07, 6.45) is 3.52. The van der Waals surface area contributed by atoms with Crippen molar-refractivity contribution in [2.24, 2.45) is 0 Å². The molecule has 1 saturated heterocycles. The highest BCUT2D eigenvalue weighted by Gasteiger charge is 2.25. The number of hydrogen-bond acceptors (Lipinski definition) is 4. The molecular formula is C16H19N3O3S. The van der Waals surface area contributed by atoms with E-state index in [0.717, 1.165) is 5.39 Å². The van der Waals surface area contributed by atoms with Gasteiger partial charge in [-0.15, -0.1) is 0 Å². The Hall–Kier alpha value is -1.99. The van der Waals surface area contributed by atoms with Crippen LogP contribution in [0.25, 0.3) is 10.9 Å². The summed E-state index contributed by atoms with van der Waals surface area (Å²) in [7, 11) is -3.21. The van der Waals surface area contributed by atoms with Crippen LogP contribution in [0.2, 0.25) is 0 Å². The molecule has 0 radical (unpaired) electrons. The third kappa shape index (κ3) is 3.35. The van der Waals surface area contributed by atoms with Crippen LogP contribution in [-0.4, -0.2) is 60.9 Å². The molecule has 3 rings (SSSR count). The second kappa shape index (κ2) is 6.25. The number of rotatable bonds is 2. The molecule has 1 aliphatic rings. The molecule has 1 aromatic heterocycles. The van der Waals surface area contributed by atoms with Crippen LogP contribution in [0.5, 0.6) is 0 Å². The van der Waals surface area contributed by atoms with Gasteiger partial charge in [-0.25, -0.2) is 12.7 Å². The minimum absolute atomic E-state index is 0.0929. The van der Waals surface area contributed by atoms with E-state index in [4.69, 9.17) is 0 Å². The van der Waals surface area contributed by atoms with Gasteiger partial charge in [-0.1, -0.05) is 18.2 Å². The smallest absolute Gasteiger partial charge is 0.256 e. The zero-order valence-electron chi connectivity index (χ0n) is 13.0. The molecule has 1 aromatic carbocycles. The number of amides is 1. The Kier molecular flexibility index (Phi) is 4.32. The van der Waals surface area contributed by atoms with Gasteiger partial charge in [-0.2, -0.15) is 0 Å². The van der Waals surface area contributed by atoms with Crippen LogP contribution in [0.3, 0.4) is 0 Å². The van der Waals surface area contributed by atoms with Crippen LogP contribution in [-0.2, 0) is 10.0 Å². The molecule has 122 valence electrons. The Bertz CT molecular complexity index is 830. The van der Waals surface area contributed by atoms with Crippen LogP contribution in [0.1, 0.15) is 16.8 Å². The summed E-state index contributed by atoms with van der Waals surface area (Å²) in [5.41, 5.74) is 1.25.